The lowest BCUT2D eigenvalue weighted by Crippen LogP contribution is -2.18. The summed E-state index contributed by atoms with van der Waals surface area (Å²) in [6.45, 7) is 4.82. The fourth-order valence-electron chi connectivity index (χ4n) is 10.3. The van der Waals surface area contributed by atoms with E-state index in [0.29, 0.717) is 0 Å². The maximum absolute atomic E-state index is 2.47. The molecule has 0 aliphatic heterocycles. The first-order valence-corrected chi connectivity index (χ1v) is 22.6. The van der Waals surface area contributed by atoms with Gasteiger partial charge in [0.2, 0.25) is 0 Å². The second-order valence-electron chi connectivity index (χ2n) is 17.8. The summed E-state index contributed by atoms with van der Waals surface area (Å²) in [6, 6.07) is 88.8. The first kappa shape index (κ1) is 38.5. The van der Waals surface area contributed by atoms with E-state index in [4.69, 9.17) is 0 Å². The summed E-state index contributed by atoms with van der Waals surface area (Å²) in [7, 11) is 0. The zero-order chi connectivity index (χ0) is 43.5. The Kier molecular flexibility index (Phi) is 9.21. The summed E-state index contributed by atoms with van der Waals surface area (Å²) in [6.07, 6.45) is 0. The van der Waals surface area contributed by atoms with E-state index in [9.17, 15) is 0 Å². The van der Waals surface area contributed by atoms with Crippen molar-refractivity contribution in [1.82, 2.24) is 0 Å². The Balaban J connectivity index is 0.999. The van der Waals surface area contributed by atoms with Crippen molar-refractivity contribution in [3.63, 3.8) is 0 Å². The second kappa shape index (κ2) is 15.6. The number of benzene rings is 11. The van der Waals surface area contributed by atoms with Gasteiger partial charge in [0.05, 0.1) is 5.69 Å². The molecule has 65 heavy (non-hydrogen) atoms. The third-order valence-corrected chi connectivity index (χ3v) is 13.6. The Hall–Kier alpha value is -8.20. The van der Waals surface area contributed by atoms with E-state index < -0.39 is 0 Å². The van der Waals surface area contributed by atoms with Crippen molar-refractivity contribution in [2.45, 2.75) is 19.3 Å². The predicted molar refractivity (Wildman–Crippen MR) is 277 cm³/mol. The normalized spacial score (nSPS) is 12.6. The highest BCUT2D eigenvalue weighted by atomic mass is 15.1. The molecular weight excluding hydrogens is 785 g/mol. The average Bonchev–Trinajstić information content (AvgIpc) is 3.60. The molecule has 1 aliphatic rings. The van der Waals surface area contributed by atoms with Crippen molar-refractivity contribution < 1.29 is 0 Å². The molecular formula is C63H46N2. The van der Waals surface area contributed by atoms with Crippen molar-refractivity contribution in [3.8, 4) is 33.4 Å². The van der Waals surface area contributed by atoms with E-state index >= 15 is 0 Å². The number of rotatable bonds is 9. The Morgan fingerprint density at radius 2 is 0.646 bits per heavy atom. The number of fused-ring (bicyclic) bond motifs is 1. The molecule has 0 spiro atoms. The molecule has 11 aromatic rings. The van der Waals surface area contributed by atoms with Crippen LogP contribution in [0, 0.1) is 0 Å². The summed E-state index contributed by atoms with van der Waals surface area (Å²) in [5, 5.41) is 7.63. The smallest absolute Gasteiger partial charge is 0.0540 e. The molecule has 0 aromatic heterocycles. The highest BCUT2D eigenvalue weighted by Gasteiger charge is 2.36. The maximum atomic E-state index is 2.47. The summed E-state index contributed by atoms with van der Waals surface area (Å²) < 4.78 is 0. The van der Waals surface area contributed by atoms with Crippen LogP contribution < -0.4 is 9.80 Å². The lowest BCUT2D eigenvalue weighted by molar-refractivity contribution is 0.663. The highest BCUT2D eigenvalue weighted by Crippen LogP contribution is 2.53. The molecule has 0 saturated carbocycles. The molecule has 0 amide bonds. The zero-order valence-electron chi connectivity index (χ0n) is 36.5. The number of anilines is 6. The molecule has 0 bridgehead atoms. The van der Waals surface area contributed by atoms with E-state index in [-0.39, 0.29) is 5.41 Å². The van der Waals surface area contributed by atoms with E-state index in [1.807, 2.05) is 0 Å². The third-order valence-electron chi connectivity index (χ3n) is 13.6. The zero-order valence-corrected chi connectivity index (χ0v) is 36.5. The highest BCUT2D eigenvalue weighted by molar-refractivity contribution is 6.17. The van der Waals surface area contributed by atoms with Gasteiger partial charge in [0.1, 0.15) is 0 Å². The third kappa shape index (κ3) is 6.65. The minimum absolute atomic E-state index is 0.284. The fourth-order valence-corrected chi connectivity index (χ4v) is 10.3. The molecule has 0 N–H and O–H groups in total. The van der Waals surface area contributed by atoms with Crippen LogP contribution in [0.15, 0.2) is 243 Å². The van der Waals surface area contributed by atoms with Crippen molar-refractivity contribution >= 4 is 66.4 Å². The van der Waals surface area contributed by atoms with Gasteiger partial charge in [-0.25, -0.2) is 0 Å². The minimum atomic E-state index is -0.284. The van der Waals surface area contributed by atoms with Crippen molar-refractivity contribution in [3.05, 3.63) is 254 Å². The number of nitrogens with zero attached hydrogens (tertiary/aromatic N) is 2. The molecule has 0 unspecified atom stereocenters. The molecule has 11 aromatic carbocycles. The topological polar surface area (TPSA) is 6.48 Å². The van der Waals surface area contributed by atoms with Crippen LogP contribution in [0.5, 0.6) is 0 Å². The van der Waals surface area contributed by atoms with Crippen LogP contribution in [-0.4, -0.2) is 0 Å². The van der Waals surface area contributed by atoms with Crippen molar-refractivity contribution in [2.75, 3.05) is 9.80 Å². The molecule has 0 saturated heterocycles. The van der Waals surface area contributed by atoms with Gasteiger partial charge in [-0.05, 0) is 138 Å². The molecule has 0 radical (unpaired) electrons. The minimum Gasteiger partial charge on any atom is -0.310 e. The standard InChI is InChI=1S/C63H46N2/c1-63(2)58-41-55(64(52-33-27-46(28-34-52)43-15-6-3-7-16-43)53-35-29-47(30-36-53)44-17-8-4-9-18-44)39-50-25-26-51-40-56(42-59(63)62(51)61(50)58)65(60-24-14-22-49-21-12-13-23-57(49)60)54-37-31-48(32-38-54)45-19-10-5-11-20-45/h3-42H,1-2H3. The van der Waals surface area contributed by atoms with Crippen LogP contribution in [0.2, 0.25) is 0 Å². The van der Waals surface area contributed by atoms with E-state index in [1.54, 1.807) is 0 Å². The fraction of sp³-hybridized carbons (Fsp3) is 0.0476. The Labute approximate surface area is 380 Å². The molecule has 12 rings (SSSR count). The van der Waals surface area contributed by atoms with Gasteiger partial charge in [0.25, 0.3) is 0 Å². The lowest BCUT2D eigenvalue weighted by Gasteiger charge is -2.30. The molecule has 1 aliphatic carbocycles. The first-order chi connectivity index (χ1) is 32.0. The van der Waals surface area contributed by atoms with Crippen LogP contribution in [0.1, 0.15) is 25.0 Å². The summed E-state index contributed by atoms with van der Waals surface area (Å²) >= 11 is 0. The predicted octanol–water partition coefficient (Wildman–Crippen LogP) is 17.7. The molecule has 0 fully saturated rings. The second-order valence-corrected chi connectivity index (χ2v) is 17.8. The van der Waals surface area contributed by atoms with E-state index in [1.165, 1.54) is 76.8 Å². The summed E-state index contributed by atoms with van der Waals surface area (Å²) in [4.78, 5) is 4.89. The van der Waals surface area contributed by atoms with Gasteiger partial charge >= 0.3 is 0 Å². The van der Waals surface area contributed by atoms with Crippen LogP contribution in [0.4, 0.5) is 34.1 Å². The number of hydrogen-bond acceptors (Lipinski definition) is 2. The molecule has 2 heteroatoms. The van der Waals surface area contributed by atoms with Gasteiger partial charge < -0.3 is 9.80 Å². The van der Waals surface area contributed by atoms with Crippen LogP contribution in [-0.2, 0) is 5.41 Å². The molecule has 308 valence electrons. The van der Waals surface area contributed by atoms with Gasteiger partial charge in [-0.3, -0.25) is 0 Å². The average molecular weight is 831 g/mol. The quantitative estimate of drug-likeness (QED) is 0.134. The van der Waals surface area contributed by atoms with Gasteiger partial charge in [0, 0.05) is 39.2 Å². The van der Waals surface area contributed by atoms with Crippen LogP contribution in [0.25, 0.3) is 65.7 Å². The lowest BCUT2D eigenvalue weighted by atomic mass is 9.81. The Bertz CT molecular complexity index is 3430. The van der Waals surface area contributed by atoms with Gasteiger partial charge in [-0.2, -0.15) is 0 Å². The largest absolute Gasteiger partial charge is 0.310 e. The maximum Gasteiger partial charge on any atom is 0.0540 e. The van der Waals surface area contributed by atoms with Crippen LogP contribution >= 0.6 is 0 Å². The van der Waals surface area contributed by atoms with Gasteiger partial charge in [0.15, 0.2) is 0 Å². The summed E-state index contributed by atoms with van der Waals surface area (Å²) in [5.41, 5.74) is 16.4. The Morgan fingerprint density at radius 3 is 1.11 bits per heavy atom. The molecule has 0 heterocycles. The van der Waals surface area contributed by atoms with Crippen molar-refractivity contribution in [1.29, 1.82) is 0 Å². The first-order valence-electron chi connectivity index (χ1n) is 22.6. The van der Waals surface area contributed by atoms with E-state index in [0.717, 1.165) is 34.1 Å². The SMILES string of the molecule is CC1(C)c2cc(N(c3ccc(-c4ccccc4)cc3)c3ccc(-c4ccccc4)cc3)cc3ccc4cc(N(c5ccc(-c6ccccc6)cc5)c5cccc6ccccc56)cc1c4c23. The summed E-state index contributed by atoms with van der Waals surface area (Å²) in [5.74, 6) is 0. The Morgan fingerprint density at radius 1 is 0.277 bits per heavy atom. The monoisotopic (exact) mass is 830 g/mol. The van der Waals surface area contributed by atoms with Crippen molar-refractivity contribution in [2.24, 2.45) is 0 Å². The van der Waals surface area contributed by atoms with Crippen LogP contribution in [0.3, 0.4) is 0 Å². The van der Waals surface area contributed by atoms with E-state index in [2.05, 4.69) is 266 Å². The van der Waals surface area contributed by atoms with Gasteiger partial charge in [-0.15, -0.1) is 0 Å². The number of hydrogen-bond donors (Lipinski definition) is 0. The van der Waals surface area contributed by atoms with Gasteiger partial charge in [-0.1, -0.05) is 190 Å². The molecule has 2 nitrogen and oxygen atoms in total. The molecule has 0 atom stereocenters.